The summed E-state index contributed by atoms with van der Waals surface area (Å²) in [5, 5.41) is 0. The number of nitrogens with zero attached hydrogens (tertiary/aromatic N) is 5. The van der Waals surface area contributed by atoms with Crippen LogP contribution in [0, 0.1) is 18.2 Å². The van der Waals surface area contributed by atoms with Crippen LogP contribution in [-0.4, -0.2) is 24.9 Å². The van der Waals surface area contributed by atoms with Gasteiger partial charge < -0.3 is 24.9 Å². The third kappa shape index (κ3) is 9.60. The van der Waals surface area contributed by atoms with Crippen LogP contribution < -0.4 is 0 Å². The van der Waals surface area contributed by atoms with Gasteiger partial charge in [0.1, 0.15) is 0 Å². The van der Waals surface area contributed by atoms with E-state index >= 15 is 0 Å². The van der Waals surface area contributed by atoms with E-state index in [9.17, 15) is 0 Å². The summed E-state index contributed by atoms with van der Waals surface area (Å²) in [6.45, 7) is 6.86. The van der Waals surface area contributed by atoms with Crippen LogP contribution in [0.4, 0.5) is 0 Å². The summed E-state index contributed by atoms with van der Waals surface area (Å²) in [6.07, 6.45) is 11.5. The number of hydrogen-bond acceptors (Lipinski definition) is 5. The smallest absolute Gasteiger partial charge is 0.352 e. The van der Waals surface area contributed by atoms with Gasteiger partial charge in [-0.15, -0.1) is 65.2 Å². The molecule has 0 aliphatic heterocycles. The van der Waals surface area contributed by atoms with Crippen molar-refractivity contribution in [1.29, 1.82) is 0 Å². The SMILES string of the molecule is CCCC(C)(C)c1ccnc(-c2[c-]cc(-c3ccccc3-c3cc(-c4ccccc4-c4c[c-]c(-c5ccccn5)cn4)cc(-c4ccccc4-c4c[c-]c(-c5ccccn5)cn4)c3)cc2)c1.[Ir+3]. The maximum absolute atomic E-state index is 4.97. The molecule has 0 saturated carbocycles. The largest absolute Gasteiger partial charge is 3.00 e. The molecule has 0 amide bonds. The van der Waals surface area contributed by atoms with Crippen LogP contribution in [0.5, 0.6) is 0 Å². The van der Waals surface area contributed by atoms with Crippen molar-refractivity contribution in [3.63, 3.8) is 0 Å². The van der Waals surface area contributed by atoms with Crippen LogP contribution >= 0.6 is 0 Å². The van der Waals surface area contributed by atoms with Gasteiger partial charge in [0.15, 0.2) is 0 Å². The molecule has 0 aliphatic carbocycles. The summed E-state index contributed by atoms with van der Waals surface area (Å²) in [5.74, 6) is 0. The van der Waals surface area contributed by atoms with Gasteiger partial charge in [-0.3, -0.25) is 0 Å². The predicted octanol–water partition coefficient (Wildman–Crippen LogP) is 15.1. The Morgan fingerprint density at radius 2 is 0.836 bits per heavy atom. The summed E-state index contributed by atoms with van der Waals surface area (Å²) in [7, 11) is 0. The Bertz CT molecular complexity index is 3110. The van der Waals surface area contributed by atoms with E-state index in [1.165, 1.54) is 5.56 Å². The van der Waals surface area contributed by atoms with Crippen LogP contribution in [0.15, 0.2) is 201 Å². The number of pyridine rings is 5. The van der Waals surface area contributed by atoms with Gasteiger partial charge >= 0.3 is 20.1 Å². The van der Waals surface area contributed by atoms with Gasteiger partial charge in [0, 0.05) is 18.6 Å². The number of hydrogen-bond donors (Lipinski definition) is 0. The van der Waals surface area contributed by atoms with Crippen molar-refractivity contribution in [3.05, 3.63) is 225 Å². The van der Waals surface area contributed by atoms with E-state index in [-0.39, 0.29) is 25.5 Å². The molecule has 0 radical (unpaired) electrons. The summed E-state index contributed by atoms with van der Waals surface area (Å²) < 4.78 is 0. The van der Waals surface area contributed by atoms with Crippen molar-refractivity contribution in [2.24, 2.45) is 0 Å². The first-order valence-corrected chi connectivity index (χ1v) is 22.4. The first-order chi connectivity index (χ1) is 32.4. The molecule has 0 saturated heterocycles. The topological polar surface area (TPSA) is 64.5 Å². The molecule has 0 unspecified atom stereocenters. The fourth-order valence-corrected chi connectivity index (χ4v) is 8.85. The maximum atomic E-state index is 4.97. The molecule has 0 fully saturated rings. The first-order valence-electron chi connectivity index (χ1n) is 22.4. The van der Waals surface area contributed by atoms with Crippen molar-refractivity contribution in [2.75, 3.05) is 0 Å². The van der Waals surface area contributed by atoms with E-state index in [2.05, 4.69) is 170 Å². The zero-order valence-electron chi connectivity index (χ0n) is 37.5. The molecule has 6 heteroatoms. The van der Waals surface area contributed by atoms with E-state index in [4.69, 9.17) is 15.0 Å². The van der Waals surface area contributed by atoms with Gasteiger partial charge in [0.2, 0.25) is 0 Å². The number of rotatable bonds is 12. The maximum Gasteiger partial charge on any atom is 3.00 e. The van der Waals surface area contributed by atoms with E-state index in [0.717, 1.165) is 114 Å². The van der Waals surface area contributed by atoms with Crippen LogP contribution in [-0.2, 0) is 25.5 Å². The van der Waals surface area contributed by atoms with Gasteiger partial charge in [0.25, 0.3) is 0 Å². The quantitative estimate of drug-likeness (QED) is 0.114. The Kier molecular flexibility index (Phi) is 13.3. The summed E-state index contributed by atoms with van der Waals surface area (Å²) in [4.78, 5) is 23.7. The molecule has 5 heterocycles. The molecule has 0 spiro atoms. The molecule has 324 valence electrons. The minimum Gasteiger partial charge on any atom is -0.352 e. The van der Waals surface area contributed by atoms with E-state index in [1.54, 1.807) is 12.4 Å². The Morgan fingerprint density at radius 3 is 1.27 bits per heavy atom. The van der Waals surface area contributed by atoms with Crippen LogP contribution in [0.25, 0.3) is 101 Å². The molecule has 0 atom stereocenters. The first kappa shape index (κ1) is 44.7. The Hall–Kier alpha value is -7.50. The van der Waals surface area contributed by atoms with Crippen molar-refractivity contribution in [2.45, 2.75) is 39.0 Å². The van der Waals surface area contributed by atoms with Crippen molar-refractivity contribution < 1.29 is 20.1 Å². The molecule has 5 aromatic carbocycles. The third-order valence-corrected chi connectivity index (χ3v) is 12.3. The molecule has 5 nitrogen and oxygen atoms in total. The minimum absolute atomic E-state index is 0. The number of benzene rings is 5. The van der Waals surface area contributed by atoms with E-state index < -0.39 is 0 Å². The zero-order chi connectivity index (χ0) is 44.9. The van der Waals surface area contributed by atoms with Gasteiger partial charge in [-0.25, -0.2) is 0 Å². The zero-order valence-corrected chi connectivity index (χ0v) is 39.9. The van der Waals surface area contributed by atoms with Gasteiger partial charge in [-0.05, 0) is 127 Å². The van der Waals surface area contributed by atoms with Gasteiger partial charge in [0.05, 0.1) is 0 Å². The molecule has 10 aromatic rings. The van der Waals surface area contributed by atoms with Crippen LogP contribution in [0.1, 0.15) is 39.2 Å². The Morgan fingerprint density at radius 1 is 0.388 bits per heavy atom. The van der Waals surface area contributed by atoms with Crippen molar-refractivity contribution >= 4 is 0 Å². The average Bonchev–Trinajstić information content (AvgIpc) is 3.39. The second kappa shape index (κ2) is 19.9. The summed E-state index contributed by atoms with van der Waals surface area (Å²) in [5.41, 5.74) is 18.9. The van der Waals surface area contributed by atoms with Gasteiger partial charge in [-0.2, -0.15) is 0 Å². The fraction of sp³-hybridized carbons (Fsp3) is 0.0984. The summed E-state index contributed by atoms with van der Waals surface area (Å²) >= 11 is 0. The van der Waals surface area contributed by atoms with Crippen LogP contribution in [0.2, 0.25) is 0 Å². The molecular formula is C61H46IrN5. The Labute approximate surface area is 407 Å². The second-order valence-corrected chi connectivity index (χ2v) is 17.1. The predicted molar refractivity (Wildman–Crippen MR) is 269 cm³/mol. The summed E-state index contributed by atoms with van der Waals surface area (Å²) in [6, 6.07) is 69.4. The second-order valence-electron chi connectivity index (χ2n) is 17.1. The molecular weight excluding hydrogens is 995 g/mol. The Balaban J connectivity index is 0.00000562. The fourth-order valence-electron chi connectivity index (χ4n) is 8.85. The molecule has 0 bridgehead atoms. The molecule has 67 heavy (non-hydrogen) atoms. The average molecular weight is 1040 g/mol. The monoisotopic (exact) mass is 1040 g/mol. The minimum atomic E-state index is 0. The van der Waals surface area contributed by atoms with E-state index in [1.807, 2.05) is 67.1 Å². The van der Waals surface area contributed by atoms with Crippen LogP contribution in [0.3, 0.4) is 0 Å². The third-order valence-electron chi connectivity index (χ3n) is 12.3. The molecule has 10 rings (SSSR count). The molecule has 0 aliphatic rings. The number of aromatic nitrogens is 5. The standard InChI is InChI=1S/C61H46N5.Ir/c1-4-32-61(2,3)49-31-35-64-60(39-49)43-25-23-42(24-26-43)50-15-5-6-16-51(50)46-36-47(52-17-7-9-19-54(52)58-29-27-44(40-65-58)56-21-11-13-33-62-56)38-48(37-46)53-18-8-10-20-55(53)59-30-28-45(41-66-59)57-22-12-14-34-63-57;/h5-25,29-31,33-41H,4,32H2,1-3H3;/q-3;+3. The van der Waals surface area contributed by atoms with Crippen molar-refractivity contribution in [1.82, 2.24) is 24.9 Å². The van der Waals surface area contributed by atoms with E-state index in [0.29, 0.717) is 0 Å². The van der Waals surface area contributed by atoms with Gasteiger partial charge in [-0.1, -0.05) is 154 Å². The normalized spacial score (nSPS) is 11.2. The van der Waals surface area contributed by atoms with Crippen molar-refractivity contribution in [3.8, 4) is 101 Å². The molecule has 0 N–H and O–H groups in total. The molecule has 5 aromatic heterocycles.